The van der Waals surface area contributed by atoms with Gasteiger partial charge in [-0.2, -0.15) is 0 Å². The monoisotopic (exact) mass is 294 g/mol. The molecule has 1 rings (SSSR count). The summed E-state index contributed by atoms with van der Waals surface area (Å²) in [7, 11) is 3.28. The SMILES string of the molecule is CCCCCCCCCCOc1ccc(OC)c(OC)c1. The van der Waals surface area contributed by atoms with Crippen molar-refractivity contribution in [3.05, 3.63) is 18.2 Å². The summed E-state index contributed by atoms with van der Waals surface area (Å²) in [4.78, 5) is 0. The van der Waals surface area contributed by atoms with Gasteiger partial charge in [0.25, 0.3) is 0 Å². The molecular formula is C18H30O3. The van der Waals surface area contributed by atoms with E-state index in [1.807, 2.05) is 18.2 Å². The molecule has 0 aromatic heterocycles. The highest BCUT2D eigenvalue weighted by atomic mass is 16.5. The van der Waals surface area contributed by atoms with E-state index in [4.69, 9.17) is 14.2 Å². The molecule has 120 valence electrons. The zero-order valence-corrected chi connectivity index (χ0v) is 13.8. The van der Waals surface area contributed by atoms with E-state index in [0.29, 0.717) is 5.75 Å². The summed E-state index contributed by atoms with van der Waals surface area (Å²) in [6.07, 6.45) is 10.5. The van der Waals surface area contributed by atoms with Crippen molar-refractivity contribution in [3.8, 4) is 17.2 Å². The summed E-state index contributed by atoms with van der Waals surface area (Å²) in [5.41, 5.74) is 0. The Bertz CT molecular complexity index is 377. The van der Waals surface area contributed by atoms with E-state index < -0.39 is 0 Å². The van der Waals surface area contributed by atoms with Gasteiger partial charge in [-0.25, -0.2) is 0 Å². The van der Waals surface area contributed by atoms with E-state index in [1.54, 1.807) is 14.2 Å². The third-order valence-electron chi connectivity index (χ3n) is 3.62. The fourth-order valence-corrected chi connectivity index (χ4v) is 2.33. The summed E-state index contributed by atoms with van der Waals surface area (Å²) < 4.78 is 16.2. The van der Waals surface area contributed by atoms with Crippen LogP contribution in [0.3, 0.4) is 0 Å². The molecule has 0 aliphatic carbocycles. The first-order valence-corrected chi connectivity index (χ1v) is 8.16. The molecule has 0 amide bonds. The Hall–Kier alpha value is -1.38. The van der Waals surface area contributed by atoms with Crippen molar-refractivity contribution in [2.45, 2.75) is 58.3 Å². The van der Waals surface area contributed by atoms with Gasteiger partial charge in [0.15, 0.2) is 11.5 Å². The zero-order valence-electron chi connectivity index (χ0n) is 13.8. The second-order valence-electron chi connectivity index (χ2n) is 5.34. The van der Waals surface area contributed by atoms with Gasteiger partial charge in [-0.15, -0.1) is 0 Å². The normalized spacial score (nSPS) is 10.4. The highest BCUT2D eigenvalue weighted by molar-refractivity contribution is 5.45. The van der Waals surface area contributed by atoms with E-state index in [1.165, 1.54) is 44.9 Å². The van der Waals surface area contributed by atoms with Crippen molar-refractivity contribution in [1.29, 1.82) is 0 Å². The van der Waals surface area contributed by atoms with Crippen LogP contribution in [0.5, 0.6) is 17.2 Å². The van der Waals surface area contributed by atoms with Crippen LogP contribution in [0.15, 0.2) is 18.2 Å². The van der Waals surface area contributed by atoms with Gasteiger partial charge in [0.1, 0.15) is 5.75 Å². The lowest BCUT2D eigenvalue weighted by Crippen LogP contribution is -1.98. The average Bonchev–Trinajstić information content (AvgIpc) is 2.53. The van der Waals surface area contributed by atoms with Crippen molar-refractivity contribution in [2.24, 2.45) is 0 Å². The van der Waals surface area contributed by atoms with Crippen molar-refractivity contribution in [2.75, 3.05) is 20.8 Å². The van der Waals surface area contributed by atoms with E-state index in [9.17, 15) is 0 Å². The van der Waals surface area contributed by atoms with Crippen molar-refractivity contribution in [3.63, 3.8) is 0 Å². The minimum atomic E-state index is 0.714. The minimum Gasteiger partial charge on any atom is -0.493 e. The predicted octanol–water partition coefficient (Wildman–Crippen LogP) is 5.22. The van der Waals surface area contributed by atoms with Crippen LogP contribution >= 0.6 is 0 Å². The molecule has 0 saturated carbocycles. The quantitative estimate of drug-likeness (QED) is 0.494. The lowest BCUT2D eigenvalue weighted by molar-refractivity contribution is 0.299. The zero-order chi connectivity index (χ0) is 15.3. The molecule has 0 saturated heterocycles. The molecule has 0 aliphatic heterocycles. The highest BCUT2D eigenvalue weighted by Gasteiger charge is 2.04. The Balaban J connectivity index is 2.12. The molecule has 3 nitrogen and oxygen atoms in total. The Kier molecular flexibility index (Phi) is 9.51. The molecule has 0 radical (unpaired) electrons. The number of rotatable bonds is 12. The lowest BCUT2D eigenvalue weighted by Gasteiger charge is -2.10. The van der Waals surface area contributed by atoms with E-state index in [-0.39, 0.29) is 0 Å². The van der Waals surface area contributed by atoms with Gasteiger partial charge in [-0.3, -0.25) is 0 Å². The third-order valence-corrected chi connectivity index (χ3v) is 3.62. The number of benzene rings is 1. The Morgan fingerprint density at radius 2 is 1.38 bits per heavy atom. The highest BCUT2D eigenvalue weighted by Crippen LogP contribution is 2.30. The largest absolute Gasteiger partial charge is 0.493 e. The van der Waals surface area contributed by atoms with Crippen LogP contribution in [-0.2, 0) is 0 Å². The fraction of sp³-hybridized carbons (Fsp3) is 0.667. The molecule has 3 heteroatoms. The molecule has 0 aliphatic rings. The first kappa shape index (κ1) is 17.7. The number of ether oxygens (including phenoxy) is 3. The molecule has 0 spiro atoms. The van der Waals surface area contributed by atoms with Gasteiger partial charge >= 0.3 is 0 Å². The van der Waals surface area contributed by atoms with Gasteiger partial charge in [0, 0.05) is 6.07 Å². The molecule has 0 fully saturated rings. The molecule has 1 aromatic rings. The first-order chi connectivity index (χ1) is 10.3. The van der Waals surface area contributed by atoms with Gasteiger partial charge in [0.2, 0.25) is 0 Å². The van der Waals surface area contributed by atoms with Gasteiger partial charge in [0.05, 0.1) is 20.8 Å². The number of hydrogen-bond acceptors (Lipinski definition) is 3. The third kappa shape index (κ3) is 7.26. The van der Waals surface area contributed by atoms with Crippen molar-refractivity contribution < 1.29 is 14.2 Å². The molecular weight excluding hydrogens is 264 g/mol. The summed E-state index contributed by atoms with van der Waals surface area (Å²) in [5, 5.41) is 0. The maximum Gasteiger partial charge on any atom is 0.164 e. The van der Waals surface area contributed by atoms with Gasteiger partial charge in [-0.1, -0.05) is 51.9 Å². The van der Waals surface area contributed by atoms with E-state index in [0.717, 1.165) is 24.5 Å². The van der Waals surface area contributed by atoms with Crippen LogP contribution in [-0.4, -0.2) is 20.8 Å². The Labute approximate surface area is 129 Å². The molecule has 21 heavy (non-hydrogen) atoms. The van der Waals surface area contributed by atoms with Crippen LogP contribution in [0.25, 0.3) is 0 Å². The number of unbranched alkanes of at least 4 members (excludes halogenated alkanes) is 7. The average molecular weight is 294 g/mol. The second-order valence-corrected chi connectivity index (χ2v) is 5.34. The Morgan fingerprint density at radius 1 is 0.762 bits per heavy atom. The maximum atomic E-state index is 5.76. The standard InChI is InChI=1S/C18H30O3/c1-4-5-6-7-8-9-10-11-14-21-16-12-13-17(19-2)18(15-16)20-3/h12-13,15H,4-11,14H2,1-3H3. The number of hydrogen-bond donors (Lipinski definition) is 0. The van der Waals surface area contributed by atoms with Crippen molar-refractivity contribution in [1.82, 2.24) is 0 Å². The summed E-state index contributed by atoms with van der Waals surface area (Å²) >= 11 is 0. The predicted molar refractivity (Wildman–Crippen MR) is 87.7 cm³/mol. The van der Waals surface area contributed by atoms with Crippen LogP contribution in [0.2, 0.25) is 0 Å². The van der Waals surface area contributed by atoms with Crippen LogP contribution in [0.1, 0.15) is 58.3 Å². The smallest absolute Gasteiger partial charge is 0.164 e. The molecule has 0 N–H and O–H groups in total. The molecule has 1 aromatic carbocycles. The lowest BCUT2D eigenvalue weighted by atomic mass is 10.1. The molecule has 0 atom stereocenters. The van der Waals surface area contributed by atoms with Crippen LogP contribution in [0.4, 0.5) is 0 Å². The fourth-order valence-electron chi connectivity index (χ4n) is 2.33. The second kappa shape index (κ2) is 11.3. The topological polar surface area (TPSA) is 27.7 Å². The summed E-state index contributed by atoms with van der Waals surface area (Å²) in [6, 6.07) is 5.68. The molecule has 0 heterocycles. The van der Waals surface area contributed by atoms with Crippen LogP contribution in [0, 0.1) is 0 Å². The molecule has 0 unspecified atom stereocenters. The maximum absolute atomic E-state index is 5.76. The van der Waals surface area contributed by atoms with Gasteiger partial charge < -0.3 is 14.2 Å². The number of methoxy groups -OCH3 is 2. The van der Waals surface area contributed by atoms with E-state index in [2.05, 4.69) is 6.92 Å². The summed E-state index contributed by atoms with van der Waals surface area (Å²) in [6.45, 7) is 3.02. The first-order valence-electron chi connectivity index (χ1n) is 8.16. The van der Waals surface area contributed by atoms with E-state index >= 15 is 0 Å². The van der Waals surface area contributed by atoms with Crippen LogP contribution < -0.4 is 14.2 Å². The minimum absolute atomic E-state index is 0.714. The summed E-state index contributed by atoms with van der Waals surface area (Å²) in [5.74, 6) is 2.29. The Morgan fingerprint density at radius 3 is 2.00 bits per heavy atom. The van der Waals surface area contributed by atoms with Crippen molar-refractivity contribution >= 4 is 0 Å². The molecule has 0 bridgehead atoms. The van der Waals surface area contributed by atoms with Gasteiger partial charge in [-0.05, 0) is 18.6 Å².